The van der Waals surface area contributed by atoms with Gasteiger partial charge in [-0.3, -0.25) is 0 Å². The Morgan fingerprint density at radius 1 is 1.09 bits per heavy atom. The van der Waals surface area contributed by atoms with Crippen LogP contribution in [-0.2, 0) is 10.8 Å². The van der Waals surface area contributed by atoms with Gasteiger partial charge in [0, 0.05) is 4.43 Å². The van der Waals surface area contributed by atoms with Crippen LogP contribution < -0.4 is 0 Å². The average molecular weight is 258 g/mol. The largest absolute Gasteiger partial charge is 0.122 e. The fourth-order valence-electron chi connectivity index (χ4n) is 1.36. The third-order valence-electron chi connectivity index (χ3n) is 1.97. The van der Waals surface area contributed by atoms with Gasteiger partial charge in [0.1, 0.15) is 0 Å². The van der Waals surface area contributed by atoms with E-state index in [0.29, 0.717) is 20.7 Å². The summed E-state index contributed by atoms with van der Waals surface area (Å²) in [5.74, 6) is 0. The van der Waals surface area contributed by atoms with Crippen molar-refractivity contribution < 1.29 is 0 Å². The highest BCUT2D eigenvalue weighted by atomic mass is 127. The van der Waals surface area contributed by atoms with E-state index in [0.717, 1.165) is 0 Å². The number of fused-ring (bicyclic) bond motifs is 1. The number of benzene rings is 1. The third kappa shape index (κ3) is 1.70. The molecule has 1 heterocycles. The van der Waals surface area contributed by atoms with Crippen LogP contribution in [0.1, 0.15) is 17.5 Å². The van der Waals surface area contributed by atoms with Gasteiger partial charge in [0.05, 0.1) is 0 Å². The Hall–Kier alpha value is -0.180. The van der Waals surface area contributed by atoms with E-state index < -0.39 is 0 Å². The second-order valence-electron chi connectivity index (χ2n) is 2.75. The Morgan fingerprint density at radius 3 is 2.82 bits per heavy atom. The van der Waals surface area contributed by atoms with Gasteiger partial charge in [-0.15, -0.1) is 20.7 Å². The number of hydrogen-bond donors (Lipinski definition) is 0. The monoisotopic (exact) mass is 258 g/mol. The molecule has 1 aliphatic heterocycles. The van der Waals surface area contributed by atoms with E-state index in [-0.39, 0.29) is 0 Å². The summed E-state index contributed by atoms with van der Waals surface area (Å²) >= 11 is 0.373. The molecule has 1 aromatic rings. The zero-order valence-corrected chi connectivity index (χ0v) is 8.54. The Bertz CT molecular complexity index is 276. The van der Waals surface area contributed by atoms with Gasteiger partial charge in [0.2, 0.25) is 0 Å². The summed E-state index contributed by atoms with van der Waals surface area (Å²) in [6.07, 6.45) is 2.58. The van der Waals surface area contributed by atoms with Crippen LogP contribution in [0.15, 0.2) is 24.3 Å². The van der Waals surface area contributed by atoms with Crippen LogP contribution >= 0.6 is 20.7 Å². The van der Waals surface area contributed by atoms with Gasteiger partial charge in [-0.1, -0.05) is 28.3 Å². The molecule has 0 radical (unpaired) electrons. The average Bonchev–Trinajstić information content (AvgIpc) is 2.28. The van der Waals surface area contributed by atoms with Crippen LogP contribution in [0.3, 0.4) is 0 Å². The lowest BCUT2D eigenvalue weighted by atomic mass is 10.1. The molecule has 0 nitrogen and oxygen atoms in total. The first-order chi connectivity index (χ1) is 5.47. The number of hydrogen-bond acceptors (Lipinski definition) is 0. The first kappa shape index (κ1) is 7.47. The summed E-state index contributed by atoms with van der Waals surface area (Å²) in [5.41, 5.74) is 3.19. The lowest BCUT2D eigenvalue weighted by molar-refractivity contribution is 1.05. The Kier molecular flexibility index (Phi) is 2.36. The standard InChI is InChI=1S/C10H11I/c1-2-5-10-8-11-7-3-6-9(10)4-1/h1-2,4-5,7H,3,6,8H2. The van der Waals surface area contributed by atoms with Gasteiger partial charge in [0.15, 0.2) is 0 Å². The molecular formula is C10H11I. The second kappa shape index (κ2) is 3.48. The summed E-state index contributed by atoms with van der Waals surface area (Å²) in [7, 11) is 0. The maximum absolute atomic E-state index is 2.51. The van der Waals surface area contributed by atoms with E-state index in [9.17, 15) is 0 Å². The summed E-state index contributed by atoms with van der Waals surface area (Å²) in [4.78, 5) is 0. The minimum atomic E-state index is 0.373. The Labute approximate surface area is 77.4 Å². The minimum absolute atomic E-state index is 0.373. The molecular weight excluding hydrogens is 247 g/mol. The van der Waals surface area contributed by atoms with Crippen molar-refractivity contribution in [2.45, 2.75) is 17.3 Å². The van der Waals surface area contributed by atoms with Crippen LogP contribution in [0, 0.1) is 0 Å². The van der Waals surface area contributed by atoms with Crippen molar-refractivity contribution in [1.29, 1.82) is 0 Å². The molecule has 58 valence electrons. The molecule has 1 aliphatic rings. The quantitative estimate of drug-likeness (QED) is 0.496. The maximum Gasteiger partial charge on any atom is 0.0199 e. The van der Waals surface area contributed by atoms with Gasteiger partial charge in [-0.05, 0) is 24.0 Å². The van der Waals surface area contributed by atoms with E-state index in [1.807, 2.05) is 0 Å². The second-order valence-corrected chi connectivity index (χ2v) is 5.27. The van der Waals surface area contributed by atoms with Gasteiger partial charge < -0.3 is 0 Å². The van der Waals surface area contributed by atoms with Crippen molar-refractivity contribution in [2.24, 2.45) is 0 Å². The molecule has 2 rings (SSSR count). The molecule has 0 saturated heterocycles. The molecule has 0 fully saturated rings. The van der Waals surface area contributed by atoms with Crippen LogP contribution in [0.25, 0.3) is 0 Å². The zero-order valence-electron chi connectivity index (χ0n) is 6.39. The Balaban J connectivity index is 2.40. The first-order valence-electron chi connectivity index (χ1n) is 3.93. The van der Waals surface area contributed by atoms with Crippen LogP contribution in [0.4, 0.5) is 0 Å². The van der Waals surface area contributed by atoms with Crippen molar-refractivity contribution in [3.05, 3.63) is 35.4 Å². The summed E-state index contributed by atoms with van der Waals surface area (Å²) < 4.78 is 3.87. The molecule has 0 aliphatic carbocycles. The lowest BCUT2D eigenvalue weighted by Gasteiger charge is -2.01. The molecule has 1 aromatic carbocycles. The fraction of sp³-hybridized carbons (Fsp3) is 0.300. The smallest absolute Gasteiger partial charge is 0.0199 e. The molecule has 0 spiro atoms. The predicted octanol–water partition coefficient (Wildman–Crippen LogP) is 2.91. The summed E-state index contributed by atoms with van der Waals surface area (Å²) in [6.45, 7) is 0. The van der Waals surface area contributed by atoms with Crippen molar-refractivity contribution in [2.75, 3.05) is 0 Å². The predicted molar refractivity (Wildman–Crippen MR) is 58.6 cm³/mol. The lowest BCUT2D eigenvalue weighted by Crippen LogP contribution is -1.88. The van der Waals surface area contributed by atoms with E-state index in [1.54, 1.807) is 11.1 Å². The summed E-state index contributed by atoms with van der Waals surface area (Å²) in [6, 6.07) is 8.88. The molecule has 0 aromatic heterocycles. The summed E-state index contributed by atoms with van der Waals surface area (Å²) in [5, 5.41) is 0. The SMILES string of the molecule is C1=ICc2ccccc2CC1. The van der Waals surface area contributed by atoms with Crippen molar-refractivity contribution in [1.82, 2.24) is 0 Å². The topological polar surface area (TPSA) is 0 Å². The zero-order chi connectivity index (χ0) is 7.52. The highest BCUT2D eigenvalue weighted by Gasteiger charge is 2.01. The van der Waals surface area contributed by atoms with Crippen molar-refractivity contribution in [3.63, 3.8) is 0 Å². The molecule has 0 N–H and O–H groups in total. The molecule has 0 bridgehead atoms. The number of alkyl halides is 1. The number of aryl methyl sites for hydroxylation is 1. The van der Waals surface area contributed by atoms with E-state index in [1.165, 1.54) is 17.3 Å². The van der Waals surface area contributed by atoms with E-state index in [2.05, 4.69) is 28.3 Å². The molecule has 0 atom stereocenters. The highest BCUT2D eigenvalue weighted by Crippen LogP contribution is 2.20. The van der Waals surface area contributed by atoms with Crippen molar-refractivity contribution in [3.8, 4) is 0 Å². The van der Waals surface area contributed by atoms with Gasteiger partial charge >= 0.3 is 0 Å². The fourth-order valence-corrected chi connectivity index (χ4v) is 3.64. The molecule has 0 unspecified atom stereocenters. The van der Waals surface area contributed by atoms with Crippen LogP contribution in [-0.4, -0.2) is 4.01 Å². The minimum Gasteiger partial charge on any atom is -0.122 e. The van der Waals surface area contributed by atoms with Gasteiger partial charge in [-0.25, -0.2) is 0 Å². The third-order valence-corrected chi connectivity index (χ3v) is 4.48. The van der Waals surface area contributed by atoms with Gasteiger partial charge in [-0.2, -0.15) is 0 Å². The van der Waals surface area contributed by atoms with E-state index >= 15 is 0 Å². The molecule has 0 amide bonds. The van der Waals surface area contributed by atoms with Gasteiger partial charge in [0.25, 0.3) is 0 Å². The van der Waals surface area contributed by atoms with E-state index in [4.69, 9.17) is 0 Å². The molecule has 1 heteroatoms. The molecule has 0 saturated carbocycles. The Morgan fingerprint density at radius 2 is 1.91 bits per heavy atom. The van der Waals surface area contributed by atoms with Crippen LogP contribution in [0.2, 0.25) is 0 Å². The molecule has 11 heavy (non-hydrogen) atoms. The number of halogens is 1. The van der Waals surface area contributed by atoms with Crippen molar-refractivity contribution >= 4 is 24.7 Å². The highest BCUT2D eigenvalue weighted by molar-refractivity contribution is 14.2. The van der Waals surface area contributed by atoms with Crippen LogP contribution in [0.5, 0.6) is 0 Å². The normalized spacial score (nSPS) is 16.4. The maximum atomic E-state index is 2.51. The first-order valence-corrected chi connectivity index (χ1v) is 6.70. The number of rotatable bonds is 0.